The maximum Gasteiger partial charge on any atom is 0.257 e. The average Bonchev–Trinajstić information content (AvgIpc) is 3.17. The molecule has 0 bridgehead atoms. The van der Waals surface area contributed by atoms with Crippen LogP contribution in [0.15, 0.2) is 24.4 Å². The summed E-state index contributed by atoms with van der Waals surface area (Å²) in [6, 6.07) is 5.81. The molecule has 1 amide bonds. The van der Waals surface area contributed by atoms with Crippen molar-refractivity contribution in [3.8, 4) is 5.88 Å². The van der Waals surface area contributed by atoms with E-state index in [4.69, 9.17) is 4.74 Å². The van der Waals surface area contributed by atoms with Crippen LogP contribution in [0.3, 0.4) is 0 Å². The molecular weight excluding hydrogens is 368 g/mol. The van der Waals surface area contributed by atoms with E-state index in [2.05, 4.69) is 27.3 Å². The number of carbonyl (C=O) groups excluding carboxylic acids is 1. The standard InChI is InChI=1S/C21H30N6O2/c1-25-8-10-26(11-9-25)21(28)18-15-23-27-7-6-16(12-19(18)27)13-22-14-17-4-3-5-20(24-17)29-2/h3-5,15-16,22H,6-14H2,1-2H3. The van der Waals surface area contributed by atoms with E-state index in [1.807, 2.05) is 27.8 Å². The molecule has 0 aliphatic carbocycles. The SMILES string of the molecule is COc1cccc(CNCC2CCn3ncc(C(=O)N4CCN(C)CC4)c3C2)n1. The highest BCUT2D eigenvalue weighted by molar-refractivity contribution is 5.95. The van der Waals surface area contributed by atoms with Gasteiger partial charge in [0.15, 0.2) is 0 Å². The van der Waals surface area contributed by atoms with Gasteiger partial charge in [-0.25, -0.2) is 4.98 Å². The van der Waals surface area contributed by atoms with Gasteiger partial charge in [0.2, 0.25) is 5.88 Å². The van der Waals surface area contributed by atoms with Crippen molar-refractivity contribution in [2.45, 2.75) is 25.9 Å². The normalized spacial score (nSPS) is 19.8. The highest BCUT2D eigenvalue weighted by Crippen LogP contribution is 2.24. The lowest BCUT2D eigenvalue weighted by atomic mass is 9.94. The second-order valence-electron chi connectivity index (χ2n) is 7.98. The lowest BCUT2D eigenvalue weighted by Crippen LogP contribution is -2.47. The maximum atomic E-state index is 13.0. The Morgan fingerprint density at radius 3 is 2.86 bits per heavy atom. The molecule has 0 aromatic carbocycles. The summed E-state index contributed by atoms with van der Waals surface area (Å²) >= 11 is 0. The zero-order valence-electron chi connectivity index (χ0n) is 17.3. The number of hydrogen-bond acceptors (Lipinski definition) is 6. The first kappa shape index (κ1) is 19.8. The maximum absolute atomic E-state index is 13.0. The summed E-state index contributed by atoms with van der Waals surface area (Å²) in [7, 11) is 3.73. The molecule has 8 heteroatoms. The van der Waals surface area contributed by atoms with Crippen molar-refractivity contribution in [1.82, 2.24) is 29.9 Å². The first-order valence-corrected chi connectivity index (χ1v) is 10.4. The molecule has 1 unspecified atom stereocenters. The van der Waals surface area contributed by atoms with Gasteiger partial charge in [-0.1, -0.05) is 6.07 Å². The monoisotopic (exact) mass is 398 g/mol. The van der Waals surface area contributed by atoms with E-state index in [9.17, 15) is 4.79 Å². The van der Waals surface area contributed by atoms with E-state index < -0.39 is 0 Å². The summed E-state index contributed by atoms with van der Waals surface area (Å²) in [6.45, 7) is 5.92. The molecule has 1 atom stereocenters. The molecule has 2 aliphatic heterocycles. The van der Waals surface area contributed by atoms with Gasteiger partial charge in [0.25, 0.3) is 5.91 Å². The molecule has 29 heavy (non-hydrogen) atoms. The van der Waals surface area contributed by atoms with Gasteiger partial charge in [0.1, 0.15) is 0 Å². The Labute approximate surface area is 171 Å². The Bertz CT molecular complexity index is 843. The third-order valence-corrected chi connectivity index (χ3v) is 5.93. The fraction of sp³-hybridized carbons (Fsp3) is 0.571. The average molecular weight is 399 g/mol. The minimum absolute atomic E-state index is 0.133. The molecule has 8 nitrogen and oxygen atoms in total. The lowest BCUT2D eigenvalue weighted by Gasteiger charge is -2.32. The first-order valence-electron chi connectivity index (χ1n) is 10.4. The molecular formula is C21H30N6O2. The number of ether oxygens (including phenoxy) is 1. The van der Waals surface area contributed by atoms with E-state index >= 15 is 0 Å². The van der Waals surface area contributed by atoms with Crippen LogP contribution < -0.4 is 10.1 Å². The second kappa shape index (κ2) is 8.92. The predicted molar refractivity (Wildman–Crippen MR) is 110 cm³/mol. The molecule has 4 heterocycles. The van der Waals surface area contributed by atoms with Gasteiger partial charge in [-0.3, -0.25) is 9.48 Å². The zero-order chi connectivity index (χ0) is 20.2. The zero-order valence-corrected chi connectivity index (χ0v) is 17.3. The van der Waals surface area contributed by atoms with Crippen molar-refractivity contribution in [2.24, 2.45) is 5.92 Å². The number of nitrogens with zero attached hydrogens (tertiary/aromatic N) is 5. The van der Waals surface area contributed by atoms with Crippen LogP contribution in [0.2, 0.25) is 0 Å². The Morgan fingerprint density at radius 1 is 1.24 bits per heavy atom. The first-order chi connectivity index (χ1) is 14.1. The smallest absolute Gasteiger partial charge is 0.257 e. The molecule has 2 aromatic rings. The second-order valence-corrected chi connectivity index (χ2v) is 7.98. The number of amides is 1. The molecule has 1 fully saturated rings. The molecule has 4 rings (SSSR count). The number of aryl methyl sites for hydroxylation is 1. The van der Waals surface area contributed by atoms with E-state index in [1.165, 1.54) is 0 Å². The van der Waals surface area contributed by atoms with Crippen LogP contribution in [-0.2, 0) is 19.5 Å². The number of rotatable bonds is 6. The van der Waals surface area contributed by atoms with Crippen LogP contribution in [0, 0.1) is 5.92 Å². The Morgan fingerprint density at radius 2 is 2.07 bits per heavy atom. The number of pyridine rings is 1. The number of likely N-dealkylation sites (N-methyl/N-ethyl adjacent to an activating group) is 1. The highest BCUT2D eigenvalue weighted by Gasteiger charge is 2.28. The lowest BCUT2D eigenvalue weighted by molar-refractivity contribution is 0.0662. The van der Waals surface area contributed by atoms with Gasteiger partial charge in [0, 0.05) is 45.3 Å². The van der Waals surface area contributed by atoms with Crippen molar-refractivity contribution in [3.63, 3.8) is 0 Å². The molecule has 0 radical (unpaired) electrons. The van der Waals surface area contributed by atoms with Crippen LogP contribution in [0.5, 0.6) is 5.88 Å². The van der Waals surface area contributed by atoms with Crippen molar-refractivity contribution in [2.75, 3.05) is 46.9 Å². The molecule has 2 aliphatic rings. The van der Waals surface area contributed by atoms with E-state index in [0.29, 0.717) is 18.3 Å². The summed E-state index contributed by atoms with van der Waals surface area (Å²) in [5.74, 6) is 1.26. The van der Waals surface area contributed by atoms with E-state index in [1.54, 1.807) is 13.3 Å². The van der Waals surface area contributed by atoms with E-state index in [0.717, 1.165) is 69.1 Å². The Kier molecular flexibility index (Phi) is 6.10. The van der Waals surface area contributed by atoms with Crippen molar-refractivity contribution in [3.05, 3.63) is 41.3 Å². The summed E-state index contributed by atoms with van der Waals surface area (Å²) < 4.78 is 7.20. The number of nitrogens with one attached hydrogen (secondary N) is 1. The number of fused-ring (bicyclic) bond motifs is 1. The van der Waals surface area contributed by atoms with Gasteiger partial charge in [-0.2, -0.15) is 5.10 Å². The minimum atomic E-state index is 0.133. The summed E-state index contributed by atoms with van der Waals surface area (Å²) in [5, 5.41) is 8.00. The Balaban J connectivity index is 1.34. The molecule has 0 spiro atoms. The summed E-state index contributed by atoms with van der Waals surface area (Å²) in [5.41, 5.74) is 2.84. The molecule has 1 saturated heterocycles. The quantitative estimate of drug-likeness (QED) is 0.783. The fourth-order valence-electron chi connectivity index (χ4n) is 4.11. The third kappa shape index (κ3) is 4.59. The number of piperazine rings is 1. The highest BCUT2D eigenvalue weighted by atomic mass is 16.5. The number of methoxy groups -OCH3 is 1. The molecule has 2 aromatic heterocycles. The molecule has 156 valence electrons. The van der Waals surface area contributed by atoms with Crippen LogP contribution in [0.4, 0.5) is 0 Å². The van der Waals surface area contributed by atoms with Gasteiger partial charge < -0.3 is 19.9 Å². The Hall–Kier alpha value is -2.45. The topological polar surface area (TPSA) is 75.5 Å². The van der Waals surface area contributed by atoms with Crippen LogP contribution in [0.1, 0.15) is 28.2 Å². The van der Waals surface area contributed by atoms with E-state index in [-0.39, 0.29) is 5.91 Å². The largest absolute Gasteiger partial charge is 0.481 e. The fourth-order valence-corrected chi connectivity index (χ4v) is 4.11. The molecule has 1 N–H and O–H groups in total. The van der Waals surface area contributed by atoms with Gasteiger partial charge in [-0.05, 0) is 38.4 Å². The van der Waals surface area contributed by atoms with Crippen LogP contribution in [0.25, 0.3) is 0 Å². The van der Waals surface area contributed by atoms with Crippen LogP contribution >= 0.6 is 0 Å². The summed E-state index contributed by atoms with van der Waals surface area (Å²) in [4.78, 5) is 21.7. The van der Waals surface area contributed by atoms with Gasteiger partial charge in [0.05, 0.1) is 30.3 Å². The van der Waals surface area contributed by atoms with Gasteiger partial charge in [-0.15, -0.1) is 0 Å². The number of hydrogen-bond donors (Lipinski definition) is 1. The van der Waals surface area contributed by atoms with Gasteiger partial charge >= 0.3 is 0 Å². The van der Waals surface area contributed by atoms with Crippen molar-refractivity contribution >= 4 is 5.91 Å². The van der Waals surface area contributed by atoms with Crippen LogP contribution in [-0.4, -0.2) is 77.4 Å². The molecule has 0 saturated carbocycles. The number of carbonyl (C=O) groups is 1. The third-order valence-electron chi connectivity index (χ3n) is 5.93. The summed E-state index contributed by atoms with van der Waals surface area (Å²) in [6.07, 6.45) is 3.72. The minimum Gasteiger partial charge on any atom is -0.481 e. The predicted octanol–water partition coefficient (Wildman–Crippen LogP) is 1.03. The number of aromatic nitrogens is 3. The van der Waals surface area contributed by atoms with Crippen molar-refractivity contribution in [1.29, 1.82) is 0 Å². The van der Waals surface area contributed by atoms with Crippen molar-refractivity contribution < 1.29 is 9.53 Å².